The third kappa shape index (κ3) is 3.60. The lowest BCUT2D eigenvalue weighted by atomic mass is 9.85. The van der Waals surface area contributed by atoms with Crippen LogP contribution < -0.4 is 11.1 Å². The van der Waals surface area contributed by atoms with Gasteiger partial charge in [-0.2, -0.15) is 0 Å². The van der Waals surface area contributed by atoms with Crippen LogP contribution in [-0.2, 0) is 5.41 Å². The van der Waals surface area contributed by atoms with Crippen LogP contribution in [0.1, 0.15) is 26.3 Å². The summed E-state index contributed by atoms with van der Waals surface area (Å²) in [5.74, 6) is 0. The van der Waals surface area contributed by atoms with Crippen LogP contribution in [0.25, 0.3) is 11.1 Å². The normalized spacial score (nSPS) is 11.3. The van der Waals surface area contributed by atoms with E-state index in [0.29, 0.717) is 0 Å². The maximum atomic E-state index is 5.90. The first-order chi connectivity index (χ1) is 11.4. The van der Waals surface area contributed by atoms with Crippen molar-refractivity contribution in [2.45, 2.75) is 26.2 Å². The summed E-state index contributed by atoms with van der Waals surface area (Å²) in [5, 5.41) is 3.51. The van der Waals surface area contributed by atoms with E-state index in [4.69, 9.17) is 5.73 Å². The van der Waals surface area contributed by atoms with Gasteiger partial charge in [-0.25, -0.2) is 0 Å². The van der Waals surface area contributed by atoms with E-state index in [9.17, 15) is 0 Å². The minimum atomic E-state index is 0.110. The maximum Gasteiger partial charge on any atom is 0.0464 e. The average molecular weight is 316 g/mol. The molecule has 0 aromatic heterocycles. The number of benzene rings is 3. The van der Waals surface area contributed by atoms with Gasteiger partial charge in [0, 0.05) is 22.6 Å². The first-order valence-electron chi connectivity index (χ1n) is 8.26. The van der Waals surface area contributed by atoms with E-state index in [0.717, 1.165) is 17.1 Å². The van der Waals surface area contributed by atoms with Crippen LogP contribution in [0, 0.1) is 0 Å². The van der Waals surface area contributed by atoms with Crippen molar-refractivity contribution in [3.63, 3.8) is 0 Å². The first-order valence-corrected chi connectivity index (χ1v) is 8.26. The molecule has 0 aliphatic carbocycles. The molecule has 0 bridgehead atoms. The Morgan fingerprint density at radius 2 is 1.54 bits per heavy atom. The van der Waals surface area contributed by atoms with Crippen molar-refractivity contribution < 1.29 is 0 Å². The quantitative estimate of drug-likeness (QED) is 0.584. The van der Waals surface area contributed by atoms with Crippen molar-refractivity contribution in [2.75, 3.05) is 11.1 Å². The Labute approximate surface area is 144 Å². The van der Waals surface area contributed by atoms with Gasteiger partial charge < -0.3 is 11.1 Å². The Hall–Kier alpha value is -2.74. The van der Waals surface area contributed by atoms with E-state index in [1.807, 2.05) is 30.3 Å². The summed E-state index contributed by atoms with van der Waals surface area (Å²) in [5.41, 5.74) is 12.6. The largest absolute Gasteiger partial charge is 0.399 e. The molecule has 3 N–H and O–H groups in total. The van der Waals surface area contributed by atoms with Gasteiger partial charge in [-0.15, -0.1) is 0 Å². The number of hydrogen-bond acceptors (Lipinski definition) is 2. The highest BCUT2D eigenvalue weighted by Gasteiger charge is 2.16. The van der Waals surface area contributed by atoms with Crippen molar-refractivity contribution in [2.24, 2.45) is 0 Å². The maximum absolute atomic E-state index is 5.90. The molecule has 0 unspecified atom stereocenters. The molecule has 3 aromatic carbocycles. The number of rotatable bonds is 3. The van der Waals surface area contributed by atoms with Crippen molar-refractivity contribution in [3.8, 4) is 11.1 Å². The Morgan fingerprint density at radius 1 is 0.792 bits per heavy atom. The topological polar surface area (TPSA) is 38.0 Å². The van der Waals surface area contributed by atoms with E-state index in [1.165, 1.54) is 16.7 Å². The lowest BCUT2D eigenvalue weighted by molar-refractivity contribution is 0.590. The standard InChI is InChI=1S/C22H24N2/c1-22(2,3)17-12-13-21(24-19-11-7-10-18(23)15-19)20(14-17)16-8-5-4-6-9-16/h4-15,24H,23H2,1-3H3. The summed E-state index contributed by atoms with van der Waals surface area (Å²) in [7, 11) is 0. The molecule has 2 heteroatoms. The number of anilines is 3. The minimum Gasteiger partial charge on any atom is -0.399 e. The highest BCUT2D eigenvalue weighted by Crippen LogP contribution is 2.35. The molecule has 3 rings (SSSR count). The second-order valence-electron chi connectivity index (χ2n) is 7.13. The van der Waals surface area contributed by atoms with Crippen LogP contribution >= 0.6 is 0 Å². The smallest absolute Gasteiger partial charge is 0.0464 e. The molecule has 0 amide bonds. The molecule has 0 spiro atoms. The van der Waals surface area contributed by atoms with Gasteiger partial charge in [-0.05, 0) is 46.9 Å². The molecule has 0 saturated heterocycles. The lowest BCUT2D eigenvalue weighted by Crippen LogP contribution is -2.11. The van der Waals surface area contributed by atoms with Crippen LogP contribution in [0.15, 0.2) is 72.8 Å². The summed E-state index contributed by atoms with van der Waals surface area (Å²) in [6.07, 6.45) is 0. The number of hydrogen-bond donors (Lipinski definition) is 2. The van der Waals surface area contributed by atoms with Crippen LogP contribution in [0.2, 0.25) is 0 Å². The molecule has 0 saturated carbocycles. The Bertz CT molecular complexity index is 830. The van der Waals surface area contributed by atoms with Crippen LogP contribution in [0.5, 0.6) is 0 Å². The Morgan fingerprint density at radius 3 is 2.21 bits per heavy atom. The number of nitrogen functional groups attached to an aromatic ring is 1. The zero-order valence-corrected chi connectivity index (χ0v) is 14.5. The summed E-state index contributed by atoms with van der Waals surface area (Å²) in [4.78, 5) is 0. The van der Waals surface area contributed by atoms with Gasteiger partial charge in [0.15, 0.2) is 0 Å². The van der Waals surface area contributed by atoms with E-state index >= 15 is 0 Å². The van der Waals surface area contributed by atoms with Crippen LogP contribution in [0.4, 0.5) is 17.1 Å². The fourth-order valence-electron chi connectivity index (χ4n) is 2.75. The zero-order valence-electron chi connectivity index (χ0n) is 14.5. The predicted molar refractivity (Wildman–Crippen MR) is 105 cm³/mol. The molecule has 122 valence electrons. The second kappa shape index (κ2) is 6.40. The summed E-state index contributed by atoms with van der Waals surface area (Å²) in [6.45, 7) is 6.71. The van der Waals surface area contributed by atoms with Gasteiger partial charge in [0.2, 0.25) is 0 Å². The molecule has 0 fully saturated rings. The predicted octanol–water partition coefficient (Wildman–Crippen LogP) is 5.98. The highest BCUT2D eigenvalue weighted by atomic mass is 14.9. The molecule has 0 aliphatic rings. The summed E-state index contributed by atoms with van der Waals surface area (Å²) < 4.78 is 0. The van der Waals surface area contributed by atoms with Gasteiger partial charge >= 0.3 is 0 Å². The number of nitrogens with two attached hydrogens (primary N) is 1. The van der Waals surface area contributed by atoms with Gasteiger partial charge in [-0.1, -0.05) is 63.2 Å². The molecule has 0 aliphatic heterocycles. The summed E-state index contributed by atoms with van der Waals surface area (Å²) in [6, 6.07) is 25.0. The third-order valence-electron chi connectivity index (χ3n) is 4.14. The molecule has 2 nitrogen and oxygen atoms in total. The van der Waals surface area contributed by atoms with Crippen LogP contribution in [-0.4, -0.2) is 0 Å². The van der Waals surface area contributed by atoms with E-state index < -0.39 is 0 Å². The van der Waals surface area contributed by atoms with Crippen molar-refractivity contribution in [1.82, 2.24) is 0 Å². The SMILES string of the molecule is CC(C)(C)c1ccc(Nc2cccc(N)c2)c(-c2ccccc2)c1. The van der Waals surface area contributed by atoms with E-state index in [2.05, 4.69) is 68.6 Å². The molecule has 0 radical (unpaired) electrons. The fraction of sp³-hybridized carbons (Fsp3) is 0.182. The fourth-order valence-corrected chi connectivity index (χ4v) is 2.75. The minimum absolute atomic E-state index is 0.110. The summed E-state index contributed by atoms with van der Waals surface area (Å²) >= 11 is 0. The Kier molecular flexibility index (Phi) is 4.30. The molecular formula is C22H24N2. The molecule has 24 heavy (non-hydrogen) atoms. The lowest BCUT2D eigenvalue weighted by Gasteiger charge is -2.22. The first kappa shape index (κ1) is 16.1. The van der Waals surface area contributed by atoms with Crippen LogP contribution in [0.3, 0.4) is 0 Å². The molecule has 0 heterocycles. The van der Waals surface area contributed by atoms with Gasteiger partial charge in [0.1, 0.15) is 0 Å². The monoisotopic (exact) mass is 316 g/mol. The van der Waals surface area contributed by atoms with Crippen molar-refractivity contribution in [3.05, 3.63) is 78.4 Å². The van der Waals surface area contributed by atoms with E-state index in [1.54, 1.807) is 0 Å². The van der Waals surface area contributed by atoms with Crippen molar-refractivity contribution >= 4 is 17.1 Å². The van der Waals surface area contributed by atoms with Gasteiger partial charge in [-0.3, -0.25) is 0 Å². The highest BCUT2D eigenvalue weighted by molar-refractivity contribution is 5.82. The Balaban J connectivity index is 2.08. The third-order valence-corrected chi connectivity index (χ3v) is 4.14. The molecular weight excluding hydrogens is 292 g/mol. The second-order valence-corrected chi connectivity index (χ2v) is 7.13. The van der Waals surface area contributed by atoms with Gasteiger partial charge in [0.05, 0.1) is 0 Å². The van der Waals surface area contributed by atoms with E-state index in [-0.39, 0.29) is 5.41 Å². The van der Waals surface area contributed by atoms with Gasteiger partial charge in [0.25, 0.3) is 0 Å². The number of nitrogens with one attached hydrogen (secondary N) is 1. The molecule has 0 atom stereocenters. The zero-order chi connectivity index (χ0) is 17.2. The molecule has 3 aromatic rings. The van der Waals surface area contributed by atoms with Crippen molar-refractivity contribution in [1.29, 1.82) is 0 Å². The average Bonchev–Trinajstić information content (AvgIpc) is 2.55.